The molecular formula is C10H15N. The number of hydrogen-bond donors (Lipinski definition) is 1. The molecular weight excluding hydrogens is 134 g/mol. The zero-order valence-electron chi connectivity index (χ0n) is 7.22. The number of benzene rings is 1. The molecule has 0 saturated heterocycles. The largest absolute Gasteiger partial charge is 0.399 e. The molecule has 0 bridgehead atoms. The molecule has 2 N–H and O–H groups in total. The third kappa shape index (κ3) is 2.89. The van der Waals surface area contributed by atoms with Crippen LogP contribution in [0, 0.1) is 13.8 Å². The third-order valence-electron chi connectivity index (χ3n) is 1.43. The molecule has 0 aromatic heterocycles. The molecule has 1 rings (SSSR count). The first kappa shape index (κ1) is 9.76. The van der Waals surface area contributed by atoms with Crippen molar-refractivity contribution in [3.05, 3.63) is 42.5 Å². The summed E-state index contributed by atoms with van der Waals surface area (Å²) in [6, 6.07) is 6.03. The summed E-state index contributed by atoms with van der Waals surface area (Å²) < 4.78 is 0. The van der Waals surface area contributed by atoms with Crippen LogP contribution in [-0.4, -0.2) is 0 Å². The third-order valence-corrected chi connectivity index (χ3v) is 1.43. The van der Waals surface area contributed by atoms with E-state index >= 15 is 0 Å². The van der Waals surface area contributed by atoms with Gasteiger partial charge in [-0.25, -0.2) is 0 Å². The lowest BCUT2D eigenvalue weighted by Gasteiger charge is -1.98. The minimum atomic E-state index is 0.876. The highest BCUT2D eigenvalue weighted by molar-refractivity contribution is 5.47. The monoisotopic (exact) mass is 149 g/mol. The van der Waals surface area contributed by atoms with Crippen LogP contribution in [0.3, 0.4) is 0 Å². The van der Waals surface area contributed by atoms with Gasteiger partial charge in [-0.2, -0.15) is 0 Å². The SMILES string of the molecule is C=C.Cc1ccc(N)c(C)c1. The second-order valence-corrected chi connectivity index (χ2v) is 2.36. The van der Waals surface area contributed by atoms with E-state index < -0.39 is 0 Å². The fraction of sp³-hybridized carbons (Fsp3) is 0.200. The Morgan fingerprint density at radius 1 is 1.18 bits per heavy atom. The normalized spacial score (nSPS) is 8.18. The van der Waals surface area contributed by atoms with Crippen molar-refractivity contribution in [1.82, 2.24) is 0 Å². The number of aryl methyl sites for hydroxylation is 2. The summed E-state index contributed by atoms with van der Waals surface area (Å²) in [5, 5.41) is 0. The quantitative estimate of drug-likeness (QED) is 0.445. The van der Waals surface area contributed by atoms with E-state index in [9.17, 15) is 0 Å². The van der Waals surface area contributed by atoms with Crippen molar-refractivity contribution in [3.8, 4) is 0 Å². The minimum Gasteiger partial charge on any atom is -0.399 e. The van der Waals surface area contributed by atoms with Crippen LogP contribution < -0.4 is 5.73 Å². The van der Waals surface area contributed by atoms with Crippen LogP contribution in [0.4, 0.5) is 5.69 Å². The number of nitrogens with two attached hydrogens (primary N) is 1. The second kappa shape index (κ2) is 4.56. The standard InChI is InChI=1S/C8H11N.C2H4/c1-6-3-4-8(9)7(2)5-6;1-2/h3-5H,9H2,1-2H3;1-2H2. The Kier molecular flexibility index (Phi) is 4.04. The summed E-state index contributed by atoms with van der Waals surface area (Å²) in [5.74, 6) is 0. The molecule has 0 amide bonds. The second-order valence-electron chi connectivity index (χ2n) is 2.36. The van der Waals surface area contributed by atoms with Gasteiger partial charge in [0.15, 0.2) is 0 Å². The molecule has 11 heavy (non-hydrogen) atoms. The minimum absolute atomic E-state index is 0.876. The lowest BCUT2D eigenvalue weighted by Crippen LogP contribution is -1.88. The van der Waals surface area contributed by atoms with Crippen molar-refractivity contribution in [2.75, 3.05) is 5.73 Å². The molecule has 0 fully saturated rings. The average Bonchev–Trinajstić information content (AvgIpc) is 2.02. The predicted molar refractivity (Wildman–Crippen MR) is 51.6 cm³/mol. The highest BCUT2D eigenvalue weighted by atomic mass is 14.5. The van der Waals surface area contributed by atoms with Gasteiger partial charge in [0.25, 0.3) is 0 Å². The van der Waals surface area contributed by atoms with Crippen LogP contribution in [-0.2, 0) is 0 Å². The Labute approximate surface area is 68.5 Å². The Hall–Kier alpha value is -1.24. The van der Waals surface area contributed by atoms with Gasteiger partial charge in [0.1, 0.15) is 0 Å². The predicted octanol–water partition coefficient (Wildman–Crippen LogP) is 2.69. The van der Waals surface area contributed by atoms with E-state index in [-0.39, 0.29) is 0 Å². The molecule has 0 spiro atoms. The van der Waals surface area contributed by atoms with Gasteiger partial charge in [0.2, 0.25) is 0 Å². The fourth-order valence-electron chi connectivity index (χ4n) is 0.826. The maximum absolute atomic E-state index is 5.59. The van der Waals surface area contributed by atoms with Crippen molar-refractivity contribution in [3.63, 3.8) is 0 Å². The van der Waals surface area contributed by atoms with E-state index in [2.05, 4.69) is 26.1 Å². The molecule has 0 aliphatic heterocycles. The van der Waals surface area contributed by atoms with Crippen molar-refractivity contribution in [2.45, 2.75) is 13.8 Å². The van der Waals surface area contributed by atoms with Crippen molar-refractivity contribution >= 4 is 5.69 Å². The molecule has 0 aliphatic carbocycles. The summed E-state index contributed by atoms with van der Waals surface area (Å²) in [5.41, 5.74) is 8.89. The van der Waals surface area contributed by atoms with E-state index in [4.69, 9.17) is 5.73 Å². The van der Waals surface area contributed by atoms with Crippen LogP contribution >= 0.6 is 0 Å². The van der Waals surface area contributed by atoms with Crippen LogP contribution in [0.2, 0.25) is 0 Å². The van der Waals surface area contributed by atoms with Crippen LogP contribution in [0.25, 0.3) is 0 Å². The van der Waals surface area contributed by atoms with Crippen LogP contribution in [0.1, 0.15) is 11.1 Å². The van der Waals surface area contributed by atoms with E-state index in [0.717, 1.165) is 11.3 Å². The highest BCUT2D eigenvalue weighted by Crippen LogP contribution is 2.10. The van der Waals surface area contributed by atoms with Gasteiger partial charge < -0.3 is 5.73 Å². The van der Waals surface area contributed by atoms with E-state index in [0.29, 0.717) is 0 Å². The van der Waals surface area contributed by atoms with Gasteiger partial charge in [0.05, 0.1) is 0 Å². The molecule has 60 valence electrons. The van der Waals surface area contributed by atoms with E-state index in [1.165, 1.54) is 5.56 Å². The van der Waals surface area contributed by atoms with Gasteiger partial charge in [-0.1, -0.05) is 17.7 Å². The van der Waals surface area contributed by atoms with Gasteiger partial charge in [-0.15, -0.1) is 13.2 Å². The Balaban J connectivity index is 0.000000461. The van der Waals surface area contributed by atoms with Gasteiger partial charge in [-0.3, -0.25) is 0 Å². The molecule has 0 atom stereocenters. The average molecular weight is 149 g/mol. The first-order valence-corrected chi connectivity index (χ1v) is 3.53. The number of nitrogen functional groups attached to an aromatic ring is 1. The van der Waals surface area contributed by atoms with Crippen molar-refractivity contribution < 1.29 is 0 Å². The summed E-state index contributed by atoms with van der Waals surface area (Å²) in [7, 11) is 0. The maximum atomic E-state index is 5.59. The van der Waals surface area contributed by atoms with Crippen LogP contribution in [0.15, 0.2) is 31.4 Å². The smallest absolute Gasteiger partial charge is 0.0343 e. The molecule has 0 aliphatic rings. The fourth-order valence-corrected chi connectivity index (χ4v) is 0.826. The van der Waals surface area contributed by atoms with Crippen molar-refractivity contribution in [1.29, 1.82) is 0 Å². The Morgan fingerprint density at radius 2 is 1.73 bits per heavy atom. The topological polar surface area (TPSA) is 26.0 Å². The number of rotatable bonds is 0. The zero-order chi connectivity index (χ0) is 8.85. The number of hydrogen-bond acceptors (Lipinski definition) is 1. The molecule has 1 nitrogen and oxygen atoms in total. The number of anilines is 1. The van der Waals surface area contributed by atoms with Gasteiger partial charge in [-0.05, 0) is 25.5 Å². The molecule has 0 radical (unpaired) electrons. The summed E-state index contributed by atoms with van der Waals surface area (Å²) in [4.78, 5) is 0. The van der Waals surface area contributed by atoms with Gasteiger partial charge in [0, 0.05) is 5.69 Å². The lowest BCUT2D eigenvalue weighted by molar-refractivity contribution is 1.39. The first-order valence-electron chi connectivity index (χ1n) is 3.53. The summed E-state index contributed by atoms with van der Waals surface area (Å²) in [6.45, 7) is 10.1. The molecule has 0 saturated carbocycles. The Bertz CT molecular complexity index is 228. The lowest BCUT2D eigenvalue weighted by atomic mass is 10.1. The molecule has 1 aromatic rings. The van der Waals surface area contributed by atoms with Gasteiger partial charge >= 0.3 is 0 Å². The maximum Gasteiger partial charge on any atom is 0.0343 e. The molecule has 0 heterocycles. The van der Waals surface area contributed by atoms with E-state index in [1.807, 2.05) is 19.1 Å². The molecule has 1 heteroatoms. The zero-order valence-corrected chi connectivity index (χ0v) is 7.22. The molecule has 1 aromatic carbocycles. The van der Waals surface area contributed by atoms with Crippen molar-refractivity contribution in [2.24, 2.45) is 0 Å². The summed E-state index contributed by atoms with van der Waals surface area (Å²) >= 11 is 0. The van der Waals surface area contributed by atoms with Crippen LogP contribution in [0.5, 0.6) is 0 Å². The highest BCUT2D eigenvalue weighted by Gasteiger charge is 1.89. The first-order chi connectivity index (χ1) is 5.20. The Morgan fingerprint density at radius 3 is 2.09 bits per heavy atom. The molecule has 0 unspecified atom stereocenters. The van der Waals surface area contributed by atoms with E-state index in [1.54, 1.807) is 0 Å². The summed E-state index contributed by atoms with van der Waals surface area (Å²) in [6.07, 6.45) is 0.